The monoisotopic (exact) mass is 455 g/mol. The van der Waals surface area contributed by atoms with Crippen LogP contribution in [-0.2, 0) is 10.2 Å². The van der Waals surface area contributed by atoms with Gasteiger partial charge in [-0.1, -0.05) is 69.0 Å². The van der Waals surface area contributed by atoms with Crippen molar-refractivity contribution in [3.8, 4) is 11.5 Å². The highest BCUT2D eigenvalue weighted by Crippen LogP contribution is 2.32. The summed E-state index contributed by atoms with van der Waals surface area (Å²) in [6.45, 7) is 10.3. The molecule has 0 spiro atoms. The minimum absolute atomic E-state index is 0.0310. The molecule has 0 N–H and O–H groups in total. The second-order valence-corrected chi connectivity index (χ2v) is 10.00. The Morgan fingerprint density at radius 1 is 1.03 bits per heavy atom. The molecule has 1 heterocycles. The molecule has 1 fully saturated rings. The van der Waals surface area contributed by atoms with Crippen molar-refractivity contribution < 1.29 is 14.3 Å². The van der Waals surface area contributed by atoms with Crippen molar-refractivity contribution in [2.75, 3.05) is 19.8 Å². The lowest BCUT2D eigenvalue weighted by molar-refractivity contribution is -0.121. The third-order valence-electron chi connectivity index (χ3n) is 4.89. The molecule has 4 nitrogen and oxygen atoms in total. The average molecular weight is 456 g/mol. The van der Waals surface area contributed by atoms with E-state index in [0.29, 0.717) is 29.0 Å². The SMILES string of the molecule is CCN1C(=O)/C(=C/c2cccc(OCCCOc3ccc(C(C)(C)C)cc3)c2)SC1=S. The van der Waals surface area contributed by atoms with Gasteiger partial charge in [-0.2, -0.15) is 0 Å². The second-order valence-electron chi connectivity index (χ2n) is 8.32. The number of hydrogen-bond acceptors (Lipinski definition) is 5. The molecule has 6 heteroatoms. The lowest BCUT2D eigenvalue weighted by Crippen LogP contribution is -2.27. The number of carbonyl (C=O) groups excluding carboxylic acids is 1. The molecule has 1 aliphatic heterocycles. The van der Waals surface area contributed by atoms with Crippen LogP contribution in [0, 0.1) is 0 Å². The zero-order valence-corrected chi connectivity index (χ0v) is 20.1. The number of carbonyl (C=O) groups is 1. The van der Waals surface area contributed by atoms with Gasteiger partial charge in [0.05, 0.1) is 18.1 Å². The first-order valence-electron chi connectivity index (χ1n) is 10.5. The summed E-state index contributed by atoms with van der Waals surface area (Å²) in [4.78, 5) is 14.6. The van der Waals surface area contributed by atoms with Crippen molar-refractivity contribution in [1.29, 1.82) is 0 Å². The lowest BCUT2D eigenvalue weighted by atomic mass is 9.87. The van der Waals surface area contributed by atoms with E-state index in [0.717, 1.165) is 23.5 Å². The first kappa shape index (κ1) is 23.4. The third kappa shape index (κ3) is 6.34. The molecule has 0 aromatic heterocycles. The topological polar surface area (TPSA) is 38.8 Å². The normalized spacial score (nSPS) is 15.6. The van der Waals surface area contributed by atoms with E-state index < -0.39 is 0 Å². The Bertz CT molecular complexity index is 961. The van der Waals surface area contributed by atoms with Crippen LogP contribution >= 0.6 is 24.0 Å². The van der Waals surface area contributed by atoms with Crippen molar-refractivity contribution in [3.63, 3.8) is 0 Å². The molecule has 1 aliphatic rings. The molecule has 2 aromatic rings. The van der Waals surface area contributed by atoms with Crippen molar-refractivity contribution in [3.05, 3.63) is 64.6 Å². The predicted octanol–water partition coefficient (Wildman–Crippen LogP) is 6.05. The number of thiocarbonyl (C=S) groups is 1. The maximum atomic E-state index is 12.4. The Labute approximate surface area is 194 Å². The molecule has 1 saturated heterocycles. The summed E-state index contributed by atoms with van der Waals surface area (Å²) in [5.74, 6) is 1.62. The van der Waals surface area contributed by atoms with E-state index >= 15 is 0 Å². The zero-order valence-electron chi connectivity index (χ0n) is 18.5. The van der Waals surface area contributed by atoms with E-state index in [-0.39, 0.29) is 11.3 Å². The van der Waals surface area contributed by atoms with Crippen molar-refractivity contribution >= 4 is 40.3 Å². The first-order chi connectivity index (χ1) is 14.8. The molecular weight excluding hydrogens is 426 g/mol. The molecule has 1 amide bonds. The molecule has 31 heavy (non-hydrogen) atoms. The van der Waals surface area contributed by atoms with Crippen LogP contribution in [0.3, 0.4) is 0 Å². The van der Waals surface area contributed by atoms with Crippen molar-refractivity contribution in [1.82, 2.24) is 4.90 Å². The molecule has 0 bridgehead atoms. The summed E-state index contributed by atoms with van der Waals surface area (Å²) in [5.41, 5.74) is 2.35. The van der Waals surface area contributed by atoms with Crippen LogP contribution in [0.1, 0.15) is 45.2 Å². The molecule has 0 aliphatic carbocycles. The minimum atomic E-state index is -0.0310. The Morgan fingerprint density at radius 2 is 1.71 bits per heavy atom. The van der Waals surface area contributed by atoms with E-state index in [4.69, 9.17) is 21.7 Å². The highest BCUT2D eigenvalue weighted by Gasteiger charge is 2.30. The van der Waals surface area contributed by atoms with Crippen LogP contribution in [-0.4, -0.2) is 34.9 Å². The number of amides is 1. The summed E-state index contributed by atoms with van der Waals surface area (Å²) in [6, 6.07) is 16.0. The molecule has 2 aromatic carbocycles. The van der Waals surface area contributed by atoms with Gasteiger partial charge in [-0.25, -0.2) is 0 Å². The summed E-state index contributed by atoms with van der Waals surface area (Å²) in [7, 11) is 0. The quantitative estimate of drug-likeness (QED) is 0.275. The van der Waals surface area contributed by atoms with Gasteiger partial charge in [-0.15, -0.1) is 0 Å². The van der Waals surface area contributed by atoms with E-state index in [9.17, 15) is 4.79 Å². The fourth-order valence-corrected chi connectivity index (χ4v) is 4.49. The second kappa shape index (κ2) is 10.3. The maximum Gasteiger partial charge on any atom is 0.266 e. The number of rotatable bonds is 8. The molecule has 0 radical (unpaired) electrons. The van der Waals surface area contributed by atoms with Gasteiger partial charge in [0.25, 0.3) is 5.91 Å². The first-order valence-corrected chi connectivity index (χ1v) is 11.7. The number of thioether (sulfide) groups is 1. The zero-order chi connectivity index (χ0) is 22.4. The molecule has 0 atom stereocenters. The summed E-state index contributed by atoms with van der Waals surface area (Å²) in [6.07, 6.45) is 2.65. The number of benzene rings is 2. The van der Waals surface area contributed by atoms with Crippen LogP contribution in [0.5, 0.6) is 11.5 Å². The summed E-state index contributed by atoms with van der Waals surface area (Å²) < 4.78 is 12.3. The van der Waals surface area contributed by atoms with Gasteiger partial charge in [0.2, 0.25) is 0 Å². The van der Waals surface area contributed by atoms with Crippen molar-refractivity contribution in [2.24, 2.45) is 0 Å². The Hall–Kier alpha value is -2.31. The minimum Gasteiger partial charge on any atom is -0.493 e. The van der Waals surface area contributed by atoms with Gasteiger partial charge in [0.1, 0.15) is 15.8 Å². The predicted molar refractivity (Wildman–Crippen MR) is 133 cm³/mol. The van der Waals surface area contributed by atoms with E-state index in [1.165, 1.54) is 17.3 Å². The van der Waals surface area contributed by atoms with E-state index in [2.05, 4.69) is 32.9 Å². The number of ether oxygens (including phenoxy) is 2. The number of likely N-dealkylation sites (N-methyl/N-ethyl adjacent to an activating group) is 1. The summed E-state index contributed by atoms with van der Waals surface area (Å²) in [5, 5.41) is 0. The molecule has 164 valence electrons. The van der Waals surface area contributed by atoms with Crippen LogP contribution < -0.4 is 9.47 Å². The fraction of sp³-hybridized carbons (Fsp3) is 0.360. The number of hydrogen-bond donors (Lipinski definition) is 0. The van der Waals surface area contributed by atoms with Crippen molar-refractivity contribution in [2.45, 2.75) is 39.5 Å². The molecule has 0 saturated carbocycles. The molecule has 3 rings (SSSR count). The Balaban J connectivity index is 1.47. The standard InChI is InChI=1S/C25H29NO3S2/c1-5-26-23(27)22(31-24(26)30)17-18-8-6-9-21(16-18)29-15-7-14-28-20-12-10-19(11-13-20)25(2,3)4/h6,8-13,16-17H,5,7,14-15H2,1-4H3/b22-17-. The van der Waals surface area contributed by atoms with Gasteiger partial charge in [0, 0.05) is 13.0 Å². The average Bonchev–Trinajstić information content (AvgIpc) is 3.00. The largest absolute Gasteiger partial charge is 0.493 e. The van der Waals surface area contributed by atoms with Crippen LogP contribution in [0.15, 0.2) is 53.4 Å². The van der Waals surface area contributed by atoms with Gasteiger partial charge in [-0.3, -0.25) is 9.69 Å². The molecule has 0 unspecified atom stereocenters. The highest BCUT2D eigenvalue weighted by molar-refractivity contribution is 8.26. The maximum absolute atomic E-state index is 12.4. The summed E-state index contributed by atoms with van der Waals surface area (Å²) >= 11 is 6.61. The lowest BCUT2D eigenvalue weighted by Gasteiger charge is -2.19. The third-order valence-corrected chi connectivity index (χ3v) is 6.27. The van der Waals surface area contributed by atoms with Gasteiger partial charge in [0.15, 0.2) is 0 Å². The highest BCUT2D eigenvalue weighted by atomic mass is 32.2. The van der Waals surface area contributed by atoms with Gasteiger partial charge >= 0.3 is 0 Å². The van der Waals surface area contributed by atoms with Gasteiger partial charge < -0.3 is 9.47 Å². The van der Waals surface area contributed by atoms with Crippen LogP contribution in [0.4, 0.5) is 0 Å². The Kier molecular flexibility index (Phi) is 7.79. The van der Waals surface area contributed by atoms with E-state index in [1.54, 1.807) is 4.90 Å². The molecular formula is C25H29NO3S2. The van der Waals surface area contributed by atoms with E-state index in [1.807, 2.05) is 49.4 Å². The van der Waals surface area contributed by atoms with Crippen LogP contribution in [0.25, 0.3) is 6.08 Å². The van der Waals surface area contributed by atoms with Gasteiger partial charge in [-0.05, 0) is 53.8 Å². The Morgan fingerprint density at radius 3 is 2.32 bits per heavy atom. The fourth-order valence-electron chi connectivity index (χ4n) is 3.11. The van der Waals surface area contributed by atoms with Crippen LogP contribution in [0.2, 0.25) is 0 Å². The smallest absolute Gasteiger partial charge is 0.266 e. The number of nitrogens with zero attached hydrogens (tertiary/aromatic N) is 1.